The molecule has 0 bridgehead atoms. The van der Waals surface area contributed by atoms with Gasteiger partial charge in [-0.1, -0.05) is 12.1 Å². The number of aromatic nitrogens is 1. The minimum atomic E-state index is -0.667. The average molecular weight is 631 g/mol. The lowest BCUT2D eigenvalue weighted by Gasteiger charge is -2.32. The maximum absolute atomic E-state index is 15.2. The van der Waals surface area contributed by atoms with Crippen LogP contribution in [0.15, 0.2) is 79.3 Å². The summed E-state index contributed by atoms with van der Waals surface area (Å²) in [5.41, 5.74) is 1.20. The molecule has 3 heterocycles. The SMILES string of the molecule is COc1cc2c(Oc3ccc(NC(=O)N4C=CN(c5ccccc5F)C4)cc3F)ccnc2cc1OCCCN1CCN(C)CC1. The fourth-order valence-electron chi connectivity index (χ4n) is 5.40. The number of methoxy groups -OCH3 is 1. The van der Waals surface area contributed by atoms with E-state index in [-0.39, 0.29) is 18.1 Å². The first kappa shape index (κ1) is 31.1. The van der Waals surface area contributed by atoms with Gasteiger partial charge in [-0.3, -0.25) is 9.88 Å². The van der Waals surface area contributed by atoms with Gasteiger partial charge < -0.3 is 34.2 Å². The quantitative estimate of drug-likeness (QED) is 0.210. The normalized spacial score (nSPS) is 15.4. The number of amides is 2. The molecule has 12 heteroatoms. The second kappa shape index (κ2) is 14.0. The summed E-state index contributed by atoms with van der Waals surface area (Å²) in [6, 6.07) is 15.2. The highest BCUT2D eigenvalue weighted by molar-refractivity contribution is 5.91. The Morgan fingerprint density at radius 1 is 0.913 bits per heavy atom. The van der Waals surface area contributed by atoms with Gasteiger partial charge >= 0.3 is 6.03 Å². The molecule has 46 heavy (non-hydrogen) atoms. The number of carbonyl (C=O) groups is 1. The Morgan fingerprint density at radius 3 is 2.52 bits per heavy atom. The number of fused-ring (bicyclic) bond motifs is 1. The molecule has 0 atom stereocenters. The molecule has 240 valence electrons. The van der Waals surface area contributed by atoms with Crippen molar-refractivity contribution < 1.29 is 27.8 Å². The minimum absolute atomic E-state index is 0.0273. The maximum Gasteiger partial charge on any atom is 0.327 e. The highest BCUT2D eigenvalue weighted by atomic mass is 19.1. The number of carbonyl (C=O) groups excluding carboxylic acids is 1. The van der Waals surface area contributed by atoms with Crippen molar-refractivity contribution in [1.82, 2.24) is 19.7 Å². The van der Waals surface area contributed by atoms with Gasteiger partial charge in [0.15, 0.2) is 23.1 Å². The Kier molecular flexibility index (Phi) is 9.46. The largest absolute Gasteiger partial charge is 0.493 e. The first-order chi connectivity index (χ1) is 22.4. The van der Waals surface area contributed by atoms with Gasteiger partial charge in [-0.25, -0.2) is 13.6 Å². The molecular weight excluding hydrogens is 594 g/mol. The summed E-state index contributed by atoms with van der Waals surface area (Å²) in [6.45, 7) is 5.90. The number of pyridine rings is 1. The number of piperazine rings is 1. The number of urea groups is 1. The molecule has 6 rings (SSSR count). The van der Waals surface area contributed by atoms with Crippen LogP contribution in [0.3, 0.4) is 0 Å². The molecule has 0 aliphatic carbocycles. The van der Waals surface area contributed by atoms with Gasteiger partial charge in [0.25, 0.3) is 0 Å². The molecule has 2 aliphatic heterocycles. The van der Waals surface area contributed by atoms with Crippen LogP contribution in [0.25, 0.3) is 10.9 Å². The lowest BCUT2D eigenvalue weighted by Crippen LogP contribution is -2.44. The van der Waals surface area contributed by atoms with Crippen LogP contribution in [-0.2, 0) is 0 Å². The molecule has 4 aromatic rings. The molecule has 3 aromatic carbocycles. The summed E-state index contributed by atoms with van der Waals surface area (Å²) in [4.78, 5) is 25.0. The number of likely N-dealkylation sites (N-methyl/N-ethyl adjacent to an activating group) is 1. The maximum atomic E-state index is 15.2. The van der Waals surface area contributed by atoms with Crippen molar-refractivity contribution in [2.75, 3.05) is 70.4 Å². The summed E-state index contributed by atoms with van der Waals surface area (Å²) in [5.74, 6) is 0.395. The second-order valence-corrected chi connectivity index (χ2v) is 11.2. The second-order valence-electron chi connectivity index (χ2n) is 11.2. The molecule has 0 saturated carbocycles. The number of rotatable bonds is 10. The molecular formula is C34H36F2N6O4. The van der Waals surface area contributed by atoms with Gasteiger partial charge in [-0.05, 0) is 49.9 Å². The molecule has 1 N–H and O–H groups in total. The van der Waals surface area contributed by atoms with Crippen molar-refractivity contribution in [3.63, 3.8) is 0 Å². The molecule has 2 amide bonds. The van der Waals surface area contributed by atoms with Gasteiger partial charge in [0.05, 0.1) is 24.9 Å². The highest BCUT2D eigenvalue weighted by Gasteiger charge is 2.22. The zero-order valence-electron chi connectivity index (χ0n) is 25.8. The summed E-state index contributed by atoms with van der Waals surface area (Å²) in [6.07, 6.45) is 5.61. The molecule has 2 aliphatic rings. The number of benzene rings is 3. The minimum Gasteiger partial charge on any atom is -0.493 e. The predicted octanol–water partition coefficient (Wildman–Crippen LogP) is 6.11. The number of nitrogens with one attached hydrogen (secondary N) is 1. The van der Waals surface area contributed by atoms with E-state index in [0.717, 1.165) is 39.1 Å². The smallest absolute Gasteiger partial charge is 0.327 e. The van der Waals surface area contributed by atoms with E-state index >= 15 is 4.39 Å². The van der Waals surface area contributed by atoms with Crippen LogP contribution in [0.2, 0.25) is 0 Å². The van der Waals surface area contributed by atoms with Crippen molar-refractivity contribution in [1.29, 1.82) is 0 Å². The number of halogens is 2. The summed E-state index contributed by atoms with van der Waals surface area (Å²) in [5, 5.41) is 3.30. The molecule has 1 aromatic heterocycles. The predicted molar refractivity (Wildman–Crippen MR) is 173 cm³/mol. The van der Waals surface area contributed by atoms with E-state index in [1.165, 1.54) is 29.3 Å². The van der Waals surface area contributed by atoms with Crippen LogP contribution in [0.4, 0.5) is 25.0 Å². The molecule has 0 spiro atoms. The van der Waals surface area contributed by atoms with E-state index in [9.17, 15) is 9.18 Å². The van der Waals surface area contributed by atoms with E-state index in [1.54, 1.807) is 66.9 Å². The lowest BCUT2D eigenvalue weighted by molar-refractivity contribution is 0.145. The zero-order chi connectivity index (χ0) is 32.0. The van der Waals surface area contributed by atoms with Crippen LogP contribution >= 0.6 is 0 Å². The van der Waals surface area contributed by atoms with Gasteiger partial charge in [0, 0.05) is 74.5 Å². The van der Waals surface area contributed by atoms with Crippen LogP contribution in [-0.4, -0.2) is 85.9 Å². The van der Waals surface area contributed by atoms with E-state index in [4.69, 9.17) is 14.2 Å². The van der Waals surface area contributed by atoms with Crippen LogP contribution < -0.4 is 24.4 Å². The zero-order valence-corrected chi connectivity index (χ0v) is 25.8. The third kappa shape index (κ3) is 7.13. The van der Waals surface area contributed by atoms with Gasteiger partial charge in [0.1, 0.15) is 18.2 Å². The van der Waals surface area contributed by atoms with Crippen molar-refractivity contribution >= 4 is 28.3 Å². The van der Waals surface area contributed by atoms with E-state index < -0.39 is 17.7 Å². The van der Waals surface area contributed by atoms with Crippen LogP contribution in [0.5, 0.6) is 23.0 Å². The van der Waals surface area contributed by atoms with Crippen molar-refractivity contribution in [2.24, 2.45) is 0 Å². The van der Waals surface area contributed by atoms with Crippen LogP contribution in [0, 0.1) is 11.6 Å². The first-order valence-electron chi connectivity index (χ1n) is 15.1. The molecule has 1 fully saturated rings. The van der Waals surface area contributed by atoms with Crippen LogP contribution in [0.1, 0.15) is 6.42 Å². The Balaban J connectivity index is 1.08. The Hall–Kier alpha value is -4.94. The fourth-order valence-corrected chi connectivity index (χ4v) is 5.40. The molecule has 0 radical (unpaired) electrons. The van der Waals surface area contributed by atoms with Gasteiger partial charge in [-0.2, -0.15) is 0 Å². The molecule has 0 unspecified atom stereocenters. The Labute approximate surface area is 266 Å². The summed E-state index contributed by atoms with van der Waals surface area (Å²) < 4.78 is 47.0. The number of hydrogen-bond donors (Lipinski definition) is 1. The van der Waals surface area contributed by atoms with Crippen molar-refractivity contribution in [3.05, 3.63) is 90.9 Å². The van der Waals surface area contributed by atoms with E-state index in [1.807, 2.05) is 0 Å². The molecule has 10 nitrogen and oxygen atoms in total. The summed E-state index contributed by atoms with van der Waals surface area (Å²) >= 11 is 0. The standard InChI is InChI=1S/C34H36F2N6O4/c1-39-13-15-40(16-14-39)12-5-19-45-33-22-28-25(21-32(33)44-2)30(10-11-37-28)46-31-9-8-24(20-27(31)36)38-34(43)42-18-17-41(23-42)29-7-4-3-6-26(29)35/h3-4,6-11,17-18,20-22H,5,12-16,19,23H2,1-2H3,(H,38,43). The Morgan fingerprint density at radius 2 is 1.74 bits per heavy atom. The van der Waals surface area contributed by atoms with Crippen molar-refractivity contribution in [3.8, 4) is 23.0 Å². The number of hydrogen-bond acceptors (Lipinski definition) is 8. The van der Waals surface area contributed by atoms with E-state index in [2.05, 4.69) is 27.1 Å². The highest BCUT2D eigenvalue weighted by Crippen LogP contribution is 2.38. The third-order valence-corrected chi connectivity index (χ3v) is 8.02. The number of anilines is 2. The third-order valence-electron chi connectivity index (χ3n) is 8.02. The Bertz CT molecular complexity index is 1730. The summed E-state index contributed by atoms with van der Waals surface area (Å²) in [7, 11) is 3.71. The topological polar surface area (TPSA) is 82.6 Å². The average Bonchev–Trinajstić information content (AvgIpc) is 3.55. The monoisotopic (exact) mass is 630 g/mol. The molecule has 1 saturated heterocycles. The number of nitrogens with zero attached hydrogens (tertiary/aromatic N) is 5. The first-order valence-corrected chi connectivity index (χ1v) is 15.1. The number of para-hydroxylation sites is 1. The van der Waals surface area contributed by atoms with E-state index in [0.29, 0.717) is 40.4 Å². The van der Waals surface area contributed by atoms with Gasteiger partial charge in [-0.15, -0.1) is 0 Å². The fraction of sp³-hybridized carbons (Fsp3) is 0.294. The van der Waals surface area contributed by atoms with Crippen molar-refractivity contribution in [2.45, 2.75) is 6.42 Å². The lowest BCUT2D eigenvalue weighted by atomic mass is 10.1. The van der Waals surface area contributed by atoms with Gasteiger partial charge in [0.2, 0.25) is 0 Å². The number of ether oxygens (including phenoxy) is 3.